The molecule has 0 unspecified atom stereocenters. The van der Waals surface area contributed by atoms with E-state index in [9.17, 15) is 9.59 Å². The molecular formula is C17H19NO3S. The van der Waals surface area contributed by atoms with Crippen LogP contribution in [0.2, 0.25) is 0 Å². The first-order chi connectivity index (χ1) is 10.4. The minimum Gasteiger partial charge on any atom is -0.478 e. The minimum atomic E-state index is -0.943. The number of thiophene rings is 1. The molecule has 0 atom stereocenters. The zero-order valence-corrected chi connectivity index (χ0v) is 13.4. The van der Waals surface area contributed by atoms with E-state index in [1.807, 2.05) is 31.4 Å². The molecule has 1 amide bonds. The highest BCUT2D eigenvalue weighted by Crippen LogP contribution is 2.24. The molecule has 0 aliphatic rings. The lowest BCUT2D eigenvalue weighted by atomic mass is 10.0. The van der Waals surface area contributed by atoms with Gasteiger partial charge in [-0.1, -0.05) is 18.2 Å². The van der Waals surface area contributed by atoms with E-state index in [1.165, 1.54) is 0 Å². The summed E-state index contributed by atoms with van der Waals surface area (Å²) >= 11 is 1.62. The third-order valence-electron chi connectivity index (χ3n) is 3.43. The molecule has 0 aliphatic carbocycles. The van der Waals surface area contributed by atoms with E-state index in [-0.39, 0.29) is 17.0 Å². The Morgan fingerprint density at radius 1 is 1.18 bits per heavy atom. The van der Waals surface area contributed by atoms with Gasteiger partial charge in [0.1, 0.15) is 0 Å². The number of carbonyl (C=O) groups excluding carboxylic acids is 1. The number of nitrogens with one attached hydrogen (secondary N) is 1. The Morgan fingerprint density at radius 3 is 2.41 bits per heavy atom. The monoisotopic (exact) mass is 317 g/mol. The first-order valence-electron chi connectivity index (χ1n) is 7.06. The number of carboxylic acids is 1. The summed E-state index contributed by atoms with van der Waals surface area (Å²) < 4.78 is 0. The fourth-order valence-electron chi connectivity index (χ4n) is 2.18. The Morgan fingerprint density at radius 2 is 1.86 bits per heavy atom. The molecular weight excluding hydrogens is 298 g/mol. The summed E-state index contributed by atoms with van der Waals surface area (Å²) in [6, 6.07) is 10.6. The molecule has 0 bridgehead atoms. The molecule has 22 heavy (non-hydrogen) atoms. The number of amides is 1. The highest BCUT2D eigenvalue weighted by molar-refractivity contribution is 7.10. The van der Waals surface area contributed by atoms with Gasteiger partial charge in [-0.2, -0.15) is 0 Å². The van der Waals surface area contributed by atoms with Gasteiger partial charge in [-0.05, 0) is 49.4 Å². The van der Waals surface area contributed by atoms with Crippen LogP contribution in [0.5, 0.6) is 0 Å². The fraction of sp³-hybridized carbons (Fsp3) is 0.294. The summed E-state index contributed by atoms with van der Waals surface area (Å²) in [5.74, 6) is -0.956. The number of rotatable bonds is 6. The molecule has 1 aromatic heterocycles. The second-order valence-electron chi connectivity index (χ2n) is 5.65. The largest absolute Gasteiger partial charge is 0.478 e. The van der Waals surface area contributed by atoms with E-state index in [1.54, 1.807) is 35.6 Å². The molecule has 0 saturated carbocycles. The highest BCUT2D eigenvalue weighted by Gasteiger charge is 2.23. The number of hydrogen-bond acceptors (Lipinski definition) is 3. The second-order valence-corrected chi connectivity index (χ2v) is 6.60. The molecule has 116 valence electrons. The Balaban J connectivity index is 1.89. The molecule has 0 aliphatic heterocycles. The lowest BCUT2D eigenvalue weighted by molar-refractivity contribution is -0.122. The zero-order chi connectivity index (χ0) is 16.2. The Kier molecular flexibility index (Phi) is 4.98. The van der Waals surface area contributed by atoms with Crippen molar-refractivity contribution < 1.29 is 14.7 Å². The van der Waals surface area contributed by atoms with Crippen LogP contribution in [0.15, 0.2) is 41.8 Å². The van der Waals surface area contributed by atoms with Crippen molar-refractivity contribution in [2.24, 2.45) is 0 Å². The van der Waals surface area contributed by atoms with Gasteiger partial charge in [0.25, 0.3) is 0 Å². The molecule has 4 nitrogen and oxygen atoms in total. The summed E-state index contributed by atoms with van der Waals surface area (Å²) in [6.45, 7) is 3.97. The van der Waals surface area contributed by atoms with Crippen molar-refractivity contribution in [1.29, 1.82) is 0 Å². The molecule has 2 rings (SSSR count). The minimum absolute atomic E-state index is 0.0132. The van der Waals surface area contributed by atoms with Crippen molar-refractivity contribution in [3.63, 3.8) is 0 Å². The van der Waals surface area contributed by atoms with Crippen LogP contribution >= 0.6 is 11.3 Å². The first kappa shape index (κ1) is 16.2. The van der Waals surface area contributed by atoms with Gasteiger partial charge in [0.05, 0.1) is 11.1 Å². The predicted octanol–water partition coefficient (Wildman–Crippen LogP) is 3.43. The van der Waals surface area contributed by atoms with Crippen LogP contribution in [0.1, 0.15) is 41.1 Å². The molecule has 1 heterocycles. The molecule has 0 saturated heterocycles. The summed E-state index contributed by atoms with van der Waals surface area (Å²) in [7, 11) is 0. The zero-order valence-electron chi connectivity index (χ0n) is 12.6. The second kappa shape index (κ2) is 6.75. The molecule has 0 spiro atoms. The third kappa shape index (κ3) is 4.18. The van der Waals surface area contributed by atoms with E-state index in [0.717, 1.165) is 10.4 Å². The van der Waals surface area contributed by atoms with Crippen LogP contribution in [0.3, 0.4) is 0 Å². The Hall–Kier alpha value is -2.14. The van der Waals surface area contributed by atoms with Crippen LogP contribution in [0, 0.1) is 0 Å². The van der Waals surface area contributed by atoms with Crippen molar-refractivity contribution in [2.75, 3.05) is 0 Å². The number of benzene rings is 1. The maximum atomic E-state index is 12.1. The molecule has 1 aromatic carbocycles. The Bertz CT molecular complexity index is 645. The molecule has 0 radical (unpaired) electrons. The normalized spacial score (nSPS) is 11.2. The smallest absolute Gasteiger partial charge is 0.335 e. The lowest BCUT2D eigenvalue weighted by Gasteiger charge is -2.25. The van der Waals surface area contributed by atoms with Crippen LogP contribution in [0.25, 0.3) is 0 Å². The average molecular weight is 317 g/mol. The van der Waals surface area contributed by atoms with E-state index in [0.29, 0.717) is 12.8 Å². The van der Waals surface area contributed by atoms with Gasteiger partial charge in [0.2, 0.25) is 5.91 Å². The topological polar surface area (TPSA) is 66.4 Å². The number of carboxylic acid groups (broad SMARTS) is 1. The predicted molar refractivity (Wildman–Crippen MR) is 87.2 cm³/mol. The lowest BCUT2D eigenvalue weighted by Crippen LogP contribution is -2.40. The molecule has 2 aromatic rings. The van der Waals surface area contributed by atoms with Crippen LogP contribution in [-0.2, 0) is 16.8 Å². The van der Waals surface area contributed by atoms with E-state index in [4.69, 9.17) is 5.11 Å². The standard InChI is InChI=1S/C17H19NO3S/c1-17(2,14-4-3-11-22-14)18-15(19)10-7-12-5-8-13(9-6-12)16(20)21/h3-6,8-9,11H,7,10H2,1-2H3,(H,18,19)(H,20,21). The number of hydrogen-bond donors (Lipinski definition) is 2. The maximum absolute atomic E-state index is 12.1. The van der Waals surface area contributed by atoms with Crippen molar-refractivity contribution in [3.05, 3.63) is 57.8 Å². The highest BCUT2D eigenvalue weighted by atomic mass is 32.1. The first-order valence-corrected chi connectivity index (χ1v) is 7.94. The number of aromatic carboxylic acids is 1. The van der Waals surface area contributed by atoms with Crippen LogP contribution in [0.4, 0.5) is 0 Å². The quantitative estimate of drug-likeness (QED) is 0.858. The summed E-state index contributed by atoms with van der Waals surface area (Å²) in [4.78, 5) is 24.0. The summed E-state index contributed by atoms with van der Waals surface area (Å²) in [6.07, 6.45) is 0.966. The van der Waals surface area contributed by atoms with Crippen molar-refractivity contribution in [1.82, 2.24) is 5.32 Å². The number of aryl methyl sites for hydroxylation is 1. The van der Waals surface area contributed by atoms with E-state index < -0.39 is 5.97 Å². The van der Waals surface area contributed by atoms with Gasteiger partial charge in [-0.3, -0.25) is 4.79 Å². The average Bonchev–Trinajstić information content (AvgIpc) is 3.00. The number of carbonyl (C=O) groups is 2. The van der Waals surface area contributed by atoms with Gasteiger partial charge in [0, 0.05) is 11.3 Å². The van der Waals surface area contributed by atoms with Gasteiger partial charge in [-0.25, -0.2) is 4.79 Å². The van der Waals surface area contributed by atoms with Crippen molar-refractivity contribution >= 4 is 23.2 Å². The van der Waals surface area contributed by atoms with Crippen LogP contribution in [-0.4, -0.2) is 17.0 Å². The van der Waals surface area contributed by atoms with Gasteiger partial charge in [-0.15, -0.1) is 11.3 Å². The Labute approximate surface area is 133 Å². The van der Waals surface area contributed by atoms with Gasteiger partial charge >= 0.3 is 5.97 Å². The van der Waals surface area contributed by atoms with E-state index in [2.05, 4.69) is 5.32 Å². The van der Waals surface area contributed by atoms with Gasteiger partial charge in [0.15, 0.2) is 0 Å². The summed E-state index contributed by atoms with van der Waals surface area (Å²) in [5, 5.41) is 13.9. The van der Waals surface area contributed by atoms with Gasteiger partial charge < -0.3 is 10.4 Å². The van der Waals surface area contributed by atoms with Crippen molar-refractivity contribution in [2.45, 2.75) is 32.2 Å². The molecule has 5 heteroatoms. The summed E-state index contributed by atoms with van der Waals surface area (Å²) in [5.41, 5.74) is 0.833. The maximum Gasteiger partial charge on any atom is 0.335 e. The third-order valence-corrected chi connectivity index (χ3v) is 4.62. The fourth-order valence-corrected chi connectivity index (χ4v) is 2.99. The SMILES string of the molecule is CC(C)(NC(=O)CCc1ccc(C(=O)O)cc1)c1cccs1. The molecule has 0 fully saturated rings. The van der Waals surface area contributed by atoms with Crippen molar-refractivity contribution in [3.8, 4) is 0 Å². The van der Waals surface area contributed by atoms with E-state index >= 15 is 0 Å². The van der Waals surface area contributed by atoms with Crippen LogP contribution < -0.4 is 5.32 Å². The molecule has 2 N–H and O–H groups in total.